The van der Waals surface area contributed by atoms with E-state index in [1.807, 2.05) is 6.92 Å². The summed E-state index contributed by atoms with van der Waals surface area (Å²) in [5.41, 5.74) is 9.47. The molecule has 1 N–H and O–H groups in total. The van der Waals surface area contributed by atoms with E-state index < -0.39 is 0 Å². The Morgan fingerprint density at radius 3 is 2.79 bits per heavy atom. The Balaban J connectivity index is 2.20. The molecular weight excluding hydrogens is 292 g/mol. The van der Waals surface area contributed by atoms with Crippen LogP contribution in [0.25, 0.3) is 5.57 Å². The fourth-order valence-corrected chi connectivity index (χ4v) is 3.51. The topological polar surface area (TPSA) is 35.8 Å². The van der Waals surface area contributed by atoms with E-state index in [0.29, 0.717) is 0 Å². The van der Waals surface area contributed by atoms with Gasteiger partial charge in [-0.3, -0.25) is 0 Å². The van der Waals surface area contributed by atoms with E-state index in [1.54, 1.807) is 0 Å². The van der Waals surface area contributed by atoms with Crippen molar-refractivity contribution >= 4 is 11.3 Å². The minimum atomic E-state index is 0.767. The van der Waals surface area contributed by atoms with Gasteiger partial charge in [-0.25, -0.2) is 0 Å². The molecule has 1 aliphatic rings. The number of nitriles is 1. The monoisotopic (exact) mass is 316 g/mol. The molecule has 3 rings (SSSR count). The van der Waals surface area contributed by atoms with Crippen LogP contribution in [0.4, 0.5) is 5.69 Å². The fourth-order valence-electron chi connectivity index (χ4n) is 3.51. The Labute approximate surface area is 144 Å². The van der Waals surface area contributed by atoms with E-state index in [2.05, 4.69) is 61.6 Å². The maximum absolute atomic E-state index is 9.44. The first-order valence-corrected chi connectivity index (χ1v) is 8.73. The van der Waals surface area contributed by atoms with E-state index in [4.69, 9.17) is 0 Å². The molecule has 2 nitrogen and oxygen atoms in total. The van der Waals surface area contributed by atoms with Crippen molar-refractivity contribution in [2.24, 2.45) is 0 Å². The van der Waals surface area contributed by atoms with Gasteiger partial charge in [-0.2, -0.15) is 5.26 Å². The van der Waals surface area contributed by atoms with E-state index in [9.17, 15) is 5.26 Å². The molecular formula is C22H24N2. The van der Waals surface area contributed by atoms with Crippen LogP contribution in [0.15, 0.2) is 36.4 Å². The number of unbranched alkanes of at least 4 members (excludes halogenated alkanes) is 1. The Morgan fingerprint density at radius 1 is 1.21 bits per heavy atom. The highest BCUT2D eigenvalue weighted by Gasteiger charge is 2.18. The molecule has 2 aromatic carbocycles. The molecule has 1 heterocycles. The van der Waals surface area contributed by atoms with Crippen LogP contribution in [0.2, 0.25) is 0 Å². The number of rotatable bonds is 4. The summed E-state index contributed by atoms with van der Waals surface area (Å²) in [5.74, 6) is 0. The number of fused-ring (bicyclic) bond motifs is 1. The predicted molar refractivity (Wildman–Crippen MR) is 101 cm³/mol. The molecule has 2 heteroatoms. The third-order valence-corrected chi connectivity index (χ3v) is 4.78. The molecule has 0 fully saturated rings. The van der Waals surface area contributed by atoms with Gasteiger partial charge < -0.3 is 5.32 Å². The molecule has 0 atom stereocenters. The Kier molecular flexibility index (Phi) is 4.71. The maximum Gasteiger partial charge on any atom is 0.0994 e. The number of aryl methyl sites for hydroxylation is 2. The molecule has 0 spiro atoms. The van der Waals surface area contributed by atoms with Gasteiger partial charge in [-0.1, -0.05) is 37.6 Å². The molecule has 0 saturated carbocycles. The minimum absolute atomic E-state index is 0.767. The zero-order chi connectivity index (χ0) is 17.1. The molecule has 122 valence electrons. The summed E-state index contributed by atoms with van der Waals surface area (Å²) in [4.78, 5) is 0. The summed E-state index contributed by atoms with van der Waals surface area (Å²) in [7, 11) is 0. The third-order valence-electron chi connectivity index (χ3n) is 4.78. The first-order valence-electron chi connectivity index (χ1n) is 8.73. The average molecular weight is 316 g/mol. The standard InChI is InChI=1S/C22H24N2/c1-4-5-7-19(18-8-6-9-22-20(18)10-11-24-22)21-13-17(14-23)15(2)12-16(21)3/h6-9,12-13,24H,4-5,10-11H2,1-3H3/b19-7-. The summed E-state index contributed by atoms with van der Waals surface area (Å²) in [6.07, 6.45) is 5.56. The van der Waals surface area contributed by atoms with Crippen LogP contribution < -0.4 is 5.32 Å². The number of benzene rings is 2. The normalized spacial score (nSPS) is 13.3. The summed E-state index contributed by atoms with van der Waals surface area (Å²) >= 11 is 0. The molecule has 0 radical (unpaired) electrons. The second kappa shape index (κ2) is 6.93. The highest BCUT2D eigenvalue weighted by Crippen LogP contribution is 2.35. The van der Waals surface area contributed by atoms with Crippen LogP contribution in [0.3, 0.4) is 0 Å². The molecule has 0 unspecified atom stereocenters. The van der Waals surface area contributed by atoms with Crippen LogP contribution in [0, 0.1) is 25.2 Å². The Bertz CT molecular complexity index is 838. The van der Waals surface area contributed by atoms with Gasteiger partial charge in [0.05, 0.1) is 11.6 Å². The van der Waals surface area contributed by atoms with Crippen LogP contribution in [0.5, 0.6) is 0 Å². The number of hydrogen-bond acceptors (Lipinski definition) is 2. The van der Waals surface area contributed by atoms with Crippen molar-refractivity contribution in [1.29, 1.82) is 5.26 Å². The second-order valence-corrected chi connectivity index (χ2v) is 6.51. The first-order chi connectivity index (χ1) is 11.7. The minimum Gasteiger partial charge on any atom is -0.384 e. The number of nitrogens with one attached hydrogen (secondary N) is 1. The lowest BCUT2D eigenvalue weighted by Gasteiger charge is -2.16. The summed E-state index contributed by atoms with van der Waals surface area (Å²) < 4.78 is 0. The smallest absolute Gasteiger partial charge is 0.0994 e. The fraction of sp³-hybridized carbons (Fsp3) is 0.318. The quantitative estimate of drug-likeness (QED) is 0.822. The average Bonchev–Trinajstić information content (AvgIpc) is 3.06. The molecule has 1 aliphatic heterocycles. The van der Waals surface area contributed by atoms with E-state index in [1.165, 1.54) is 33.5 Å². The maximum atomic E-state index is 9.44. The lowest BCUT2D eigenvalue weighted by Crippen LogP contribution is -1.98. The lowest BCUT2D eigenvalue weighted by atomic mass is 9.87. The van der Waals surface area contributed by atoms with E-state index >= 15 is 0 Å². The van der Waals surface area contributed by atoms with Crippen molar-refractivity contribution in [3.05, 3.63) is 69.8 Å². The van der Waals surface area contributed by atoms with Crippen molar-refractivity contribution < 1.29 is 0 Å². The van der Waals surface area contributed by atoms with Crippen molar-refractivity contribution in [2.45, 2.75) is 40.0 Å². The summed E-state index contributed by atoms with van der Waals surface area (Å²) in [5, 5.41) is 12.9. The van der Waals surface area contributed by atoms with Crippen LogP contribution in [0.1, 0.15) is 53.1 Å². The number of nitrogens with zero attached hydrogens (tertiary/aromatic N) is 1. The largest absolute Gasteiger partial charge is 0.384 e. The van der Waals surface area contributed by atoms with Crippen molar-refractivity contribution in [3.8, 4) is 6.07 Å². The highest BCUT2D eigenvalue weighted by molar-refractivity contribution is 5.86. The zero-order valence-corrected chi connectivity index (χ0v) is 14.7. The van der Waals surface area contributed by atoms with Gasteiger partial charge in [-0.15, -0.1) is 0 Å². The van der Waals surface area contributed by atoms with Crippen molar-refractivity contribution in [2.75, 3.05) is 11.9 Å². The van der Waals surface area contributed by atoms with Crippen molar-refractivity contribution in [1.82, 2.24) is 0 Å². The van der Waals surface area contributed by atoms with Gasteiger partial charge in [0, 0.05) is 12.2 Å². The Morgan fingerprint density at radius 2 is 2.04 bits per heavy atom. The lowest BCUT2D eigenvalue weighted by molar-refractivity contribution is 0.959. The van der Waals surface area contributed by atoms with Gasteiger partial charge in [0.1, 0.15) is 0 Å². The van der Waals surface area contributed by atoms with Gasteiger partial charge in [-0.05, 0) is 72.2 Å². The van der Waals surface area contributed by atoms with Gasteiger partial charge >= 0.3 is 0 Å². The second-order valence-electron chi connectivity index (χ2n) is 6.51. The van der Waals surface area contributed by atoms with Gasteiger partial charge in [0.2, 0.25) is 0 Å². The predicted octanol–water partition coefficient (Wildman–Crippen LogP) is 5.37. The van der Waals surface area contributed by atoms with Crippen LogP contribution in [-0.2, 0) is 6.42 Å². The van der Waals surface area contributed by atoms with Crippen LogP contribution >= 0.6 is 0 Å². The van der Waals surface area contributed by atoms with Gasteiger partial charge in [0.25, 0.3) is 0 Å². The molecule has 0 aromatic heterocycles. The molecule has 0 saturated heterocycles. The van der Waals surface area contributed by atoms with Crippen molar-refractivity contribution in [3.63, 3.8) is 0 Å². The highest BCUT2D eigenvalue weighted by atomic mass is 14.9. The zero-order valence-electron chi connectivity index (χ0n) is 14.7. The van der Waals surface area contributed by atoms with Gasteiger partial charge in [0.15, 0.2) is 0 Å². The SMILES string of the molecule is CCC/C=C(\c1cc(C#N)c(C)cc1C)c1cccc2c1CCN2. The third kappa shape index (κ3) is 2.95. The van der Waals surface area contributed by atoms with Crippen LogP contribution in [-0.4, -0.2) is 6.54 Å². The molecule has 24 heavy (non-hydrogen) atoms. The number of allylic oxidation sites excluding steroid dienone is 1. The molecule has 0 amide bonds. The molecule has 2 aromatic rings. The number of anilines is 1. The van der Waals surface area contributed by atoms with E-state index in [-0.39, 0.29) is 0 Å². The molecule has 0 aliphatic carbocycles. The summed E-state index contributed by atoms with van der Waals surface area (Å²) in [6.45, 7) is 7.36. The Hall–Kier alpha value is -2.53. The van der Waals surface area contributed by atoms with E-state index in [0.717, 1.165) is 36.9 Å². The molecule has 0 bridgehead atoms. The first kappa shape index (κ1) is 16.3. The number of hydrogen-bond donors (Lipinski definition) is 1. The summed E-state index contributed by atoms with van der Waals surface area (Å²) in [6, 6.07) is 13.0.